The number of carboxylic acid groups (broad SMARTS) is 3. The molecule has 0 rings (SSSR count). The Labute approximate surface area is 283 Å². The lowest BCUT2D eigenvalue weighted by Gasteiger charge is -2.38. The third kappa shape index (κ3) is 32.1. The van der Waals surface area contributed by atoms with Gasteiger partial charge in [0, 0.05) is 19.3 Å². The second-order valence-corrected chi connectivity index (χ2v) is 13.9. The molecule has 0 saturated carbocycles. The lowest BCUT2D eigenvalue weighted by atomic mass is 10.0. The van der Waals surface area contributed by atoms with Gasteiger partial charge in [0.1, 0.15) is 0 Å². The van der Waals surface area contributed by atoms with E-state index in [1.54, 1.807) is 0 Å². The van der Waals surface area contributed by atoms with Gasteiger partial charge in [-0.1, -0.05) is 129 Å². The molecule has 0 amide bonds. The Bertz CT molecular complexity index is 698. The maximum Gasteiger partial charge on any atom is 0.303 e. The summed E-state index contributed by atoms with van der Waals surface area (Å²) in [6.07, 6.45) is 36.6. The number of carboxylic acids is 3. The van der Waals surface area contributed by atoms with Crippen molar-refractivity contribution in [1.82, 2.24) is 0 Å². The molecule has 7 heteroatoms. The molecular formula is C39H74NO6+. The van der Waals surface area contributed by atoms with Gasteiger partial charge in [0.05, 0.1) is 26.2 Å². The van der Waals surface area contributed by atoms with Gasteiger partial charge in [-0.2, -0.15) is 0 Å². The third-order valence-electron chi connectivity index (χ3n) is 9.45. The molecule has 0 radical (unpaired) electrons. The number of hydrogen-bond donors (Lipinski definition) is 3. The van der Waals surface area contributed by atoms with Crippen LogP contribution in [0.1, 0.15) is 193 Å². The minimum atomic E-state index is -0.777. The summed E-state index contributed by atoms with van der Waals surface area (Å²) in [5.41, 5.74) is 0. The first-order valence-electron chi connectivity index (χ1n) is 19.5. The summed E-state index contributed by atoms with van der Waals surface area (Å²) in [7, 11) is 0. The molecule has 0 aliphatic rings. The Balaban J connectivity index is 4.21. The molecule has 0 atom stereocenters. The van der Waals surface area contributed by atoms with Gasteiger partial charge in [-0.05, 0) is 57.4 Å². The van der Waals surface area contributed by atoms with Crippen LogP contribution in [0.5, 0.6) is 0 Å². The standard InChI is InChI=1S/C39H73NO6/c1-2-3-4-5-6-7-8-9-10-11-12-13-14-15-16-17-18-19-20-21-22-26-33-40(34-27-23-30-37(41)42,35-28-24-31-38(43)44)36-29-25-32-39(45)46/h22,26H,2-21,23-25,27-36H2,1H3,(H2-,41,42,43,44,45,46)/p+1/b26-22+. The van der Waals surface area contributed by atoms with Gasteiger partial charge in [0.2, 0.25) is 0 Å². The van der Waals surface area contributed by atoms with Crippen LogP contribution in [-0.4, -0.2) is 63.9 Å². The Kier molecular flexibility index (Phi) is 31.7. The largest absolute Gasteiger partial charge is 0.481 e. The number of nitrogens with zero attached hydrogens (tertiary/aromatic N) is 1. The molecule has 0 spiro atoms. The maximum atomic E-state index is 11.0. The molecule has 0 bridgehead atoms. The number of rotatable bonds is 37. The SMILES string of the molecule is CCCCCCCCCCCCCCCCCCCCC/C=C/C[N+](CCCCC(=O)O)(CCCCC(=O)O)CCCCC(=O)O. The molecule has 0 saturated heterocycles. The maximum absolute atomic E-state index is 11.0. The van der Waals surface area contributed by atoms with E-state index < -0.39 is 17.9 Å². The minimum Gasteiger partial charge on any atom is -0.481 e. The van der Waals surface area contributed by atoms with Gasteiger partial charge >= 0.3 is 17.9 Å². The monoisotopic (exact) mass is 653 g/mol. The summed E-state index contributed by atoms with van der Waals surface area (Å²) in [5.74, 6) is -2.33. The van der Waals surface area contributed by atoms with Crippen LogP contribution < -0.4 is 0 Å². The van der Waals surface area contributed by atoms with Gasteiger partial charge in [0.15, 0.2) is 0 Å². The van der Waals surface area contributed by atoms with Crippen molar-refractivity contribution < 1.29 is 34.2 Å². The van der Waals surface area contributed by atoms with Crippen LogP contribution in [0.15, 0.2) is 12.2 Å². The summed E-state index contributed by atoms with van der Waals surface area (Å²) in [4.78, 5) is 33.1. The molecule has 0 aliphatic carbocycles. The molecule has 0 aromatic rings. The van der Waals surface area contributed by atoms with Crippen LogP contribution in [-0.2, 0) is 14.4 Å². The average molecular weight is 653 g/mol. The molecule has 0 unspecified atom stereocenters. The van der Waals surface area contributed by atoms with Crippen molar-refractivity contribution in [1.29, 1.82) is 0 Å². The zero-order chi connectivity index (χ0) is 34.0. The summed E-state index contributed by atoms with van der Waals surface area (Å²) in [5, 5.41) is 27.2. The van der Waals surface area contributed by atoms with E-state index in [2.05, 4.69) is 19.1 Å². The summed E-state index contributed by atoms with van der Waals surface area (Å²) in [6.45, 7) is 5.65. The molecule has 7 nitrogen and oxygen atoms in total. The number of allylic oxidation sites excluding steroid dienone is 1. The first-order chi connectivity index (χ1) is 22.3. The second-order valence-electron chi connectivity index (χ2n) is 13.9. The van der Waals surface area contributed by atoms with Gasteiger partial charge in [0.25, 0.3) is 0 Å². The molecule has 270 valence electrons. The van der Waals surface area contributed by atoms with E-state index in [9.17, 15) is 14.4 Å². The van der Waals surface area contributed by atoms with E-state index in [-0.39, 0.29) is 19.3 Å². The van der Waals surface area contributed by atoms with E-state index >= 15 is 0 Å². The highest BCUT2D eigenvalue weighted by atomic mass is 16.4. The van der Waals surface area contributed by atoms with Crippen molar-refractivity contribution in [2.75, 3.05) is 26.2 Å². The molecule has 3 N–H and O–H groups in total. The first kappa shape index (κ1) is 44.1. The Morgan fingerprint density at radius 3 is 1.02 bits per heavy atom. The second kappa shape index (κ2) is 33.0. The highest BCUT2D eigenvalue weighted by Crippen LogP contribution is 2.18. The zero-order valence-corrected chi connectivity index (χ0v) is 30.0. The van der Waals surface area contributed by atoms with Gasteiger partial charge < -0.3 is 19.8 Å². The summed E-state index contributed by atoms with van der Waals surface area (Å²) < 4.78 is 0.786. The molecule has 0 aromatic carbocycles. The first-order valence-corrected chi connectivity index (χ1v) is 19.5. The molecule has 0 fully saturated rings. The van der Waals surface area contributed by atoms with Crippen molar-refractivity contribution in [2.24, 2.45) is 0 Å². The molecule has 46 heavy (non-hydrogen) atoms. The number of quaternary nitrogens is 1. The Morgan fingerprint density at radius 2 is 0.717 bits per heavy atom. The van der Waals surface area contributed by atoms with Crippen LogP contribution in [0, 0.1) is 0 Å². The predicted octanol–water partition coefficient (Wildman–Crippen LogP) is 10.9. The van der Waals surface area contributed by atoms with Crippen LogP contribution >= 0.6 is 0 Å². The van der Waals surface area contributed by atoms with Crippen molar-refractivity contribution >= 4 is 17.9 Å². The highest BCUT2D eigenvalue weighted by Gasteiger charge is 2.25. The van der Waals surface area contributed by atoms with Crippen LogP contribution in [0.3, 0.4) is 0 Å². The van der Waals surface area contributed by atoms with Crippen LogP contribution in [0.4, 0.5) is 0 Å². The molecule has 0 aliphatic heterocycles. The molecule has 0 heterocycles. The number of unbranched alkanes of at least 4 members (excludes halogenated alkanes) is 22. The van der Waals surface area contributed by atoms with E-state index in [0.29, 0.717) is 19.3 Å². The normalized spacial score (nSPS) is 11.8. The third-order valence-corrected chi connectivity index (χ3v) is 9.45. The van der Waals surface area contributed by atoms with Crippen molar-refractivity contribution in [3.63, 3.8) is 0 Å². The average Bonchev–Trinajstić information content (AvgIpc) is 3.02. The zero-order valence-electron chi connectivity index (χ0n) is 30.0. The number of carbonyl (C=O) groups is 3. The fourth-order valence-electron chi connectivity index (χ4n) is 6.54. The number of aliphatic carboxylic acids is 3. The highest BCUT2D eigenvalue weighted by molar-refractivity contribution is 5.67. The number of hydrogen-bond acceptors (Lipinski definition) is 3. The van der Waals surface area contributed by atoms with Gasteiger partial charge in [-0.15, -0.1) is 0 Å². The lowest BCUT2D eigenvalue weighted by molar-refractivity contribution is -0.923. The van der Waals surface area contributed by atoms with Crippen LogP contribution in [0.2, 0.25) is 0 Å². The fourth-order valence-corrected chi connectivity index (χ4v) is 6.54. The van der Waals surface area contributed by atoms with Crippen LogP contribution in [0.25, 0.3) is 0 Å². The topological polar surface area (TPSA) is 112 Å². The summed E-state index contributed by atoms with van der Waals surface area (Å²) >= 11 is 0. The fraction of sp³-hybridized carbons (Fsp3) is 0.872. The van der Waals surface area contributed by atoms with Gasteiger partial charge in [-0.25, -0.2) is 0 Å². The Hall–Kier alpha value is -1.89. The lowest BCUT2D eigenvalue weighted by Crippen LogP contribution is -2.50. The quantitative estimate of drug-likeness (QED) is 0.0350. The van der Waals surface area contributed by atoms with Crippen molar-refractivity contribution in [2.45, 2.75) is 193 Å². The molecular weight excluding hydrogens is 578 g/mol. The predicted molar refractivity (Wildman–Crippen MR) is 191 cm³/mol. The van der Waals surface area contributed by atoms with E-state index in [1.165, 1.54) is 122 Å². The smallest absolute Gasteiger partial charge is 0.303 e. The van der Waals surface area contributed by atoms with Crippen molar-refractivity contribution in [3.05, 3.63) is 12.2 Å². The minimum absolute atomic E-state index is 0.160. The molecule has 0 aromatic heterocycles. The van der Waals surface area contributed by atoms with Crippen molar-refractivity contribution in [3.8, 4) is 0 Å². The van der Waals surface area contributed by atoms with E-state index in [1.807, 2.05) is 0 Å². The Morgan fingerprint density at radius 1 is 0.413 bits per heavy atom. The summed E-state index contributed by atoms with van der Waals surface area (Å²) in [6, 6.07) is 0. The van der Waals surface area contributed by atoms with E-state index in [4.69, 9.17) is 15.3 Å². The van der Waals surface area contributed by atoms with Gasteiger partial charge in [-0.3, -0.25) is 14.4 Å². The van der Waals surface area contributed by atoms with E-state index in [0.717, 1.165) is 56.3 Å².